The van der Waals surface area contributed by atoms with Gasteiger partial charge in [0.25, 0.3) is 0 Å². The fraction of sp³-hybridized carbons (Fsp3) is 0.562. The van der Waals surface area contributed by atoms with E-state index in [0.29, 0.717) is 12.6 Å². The molecule has 0 bridgehead atoms. The maximum absolute atomic E-state index is 12.3. The van der Waals surface area contributed by atoms with Gasteiger partial charge in [0.15, 0.2) is 0 Å². The molecule has 0 aliphatic heterocycles. The summed E-state index contributed by atoms with van der Waals surface area (Å²) in [6, 6.07) is 8.43. The third kappa shape index (κ3) is 3.73. The molecule has 4 nitrogen and oxygen atoms in total. The molecule has 0 heterocycles. The quantitative estimate of drug-likeness (QED) is 0.798. The third-order valence-electron chi connectivity index (χ3n) is 3.80. The van der Waals surface area contributed by atoms with Gasteiger partial charge in [-0.25, -0.2) is 0 Å². The summed E-state index contributed by atoms with van der Waals surface area (Å²) in [6.45, 7) is 5.50. The number of nitrogens with zero attached hydrogens (tertiary/aromatic N) is 1. The fourth-order valence-corrected chi connectivity index (χ4v) is 2.36. The van der Waals surface area contributed by atoms with Crippen LogP contribution in [0.2, 0.25) is 0 Å². The summed E-state index contributed by atoms with van der Waals surface area (Å²) in [4.78, 5) is 14.5. The van der Waals surface area contributed by atoms with Crippen molar-refractivity contribution in [2.75, 3.05) is 18.0 Å². The first-order valence-electron chi connectivity index (χ1n) is 7.46. The number of anilines is 1. The number of rotatable bonds is 7. The molecule has 20 heavy (non-hydrogen) atoms. The average molecular weight is 275 g/mol. The Kier molecular flexibility index (Phi) is 5.01. The van der Waals surface area contributed by atoms with E-state index in [0.717, 1.165) is 31.5 Å². The van der Waals surface area contributed by atoms with E-state index in [-0.39, 0.29) is 11.9 Å². The van der Waals surface area contributed by atoms with Crippen molar-refractivity contribution < 1.29 is 4.79 Å². The minimum Gasteiger partial charge on any atom is -0.360 e. The third-order valence-corrected chi connectivity index (χ3v) is 3.80. The lowest BCUT2D eigenvalue weighted by atomic mass is 10.1. The van der Waals surface area contributed by atoms with Crippen LogP contribution in [0.25, 0.3) is 0 Å². The molecule has 1 unspecified atom stereocenters. The van der Waals surface area contributed by atoms with Crippen LogP contribution >= 0.6 is 0 Å². The molecule has 1 aliphatic carbocycles. The lowest BCUT2D eigenvalue weighted by Crippen LogP contribution is -2.47. The van der Waals surface area contributed by atoms with Crippen molar-refractivity contribution in [2.45, 2.75) is 45.2 Å². The van der Waals surface area contributed by atoms with Crippen LogP contribution in [0, 0.1) is 6.92 Å². The Hall–Kier alpha value is -1.55. The van der Waals surface area contributed by atoms with Gasteiger partial charge in [0.2, 0.25) is 5.91 Å². The van der Waals surface area contributed by atoms with Crippen molar-refractivity contribution in [2.24, 2.45) is 5.73 Å². The van der Waals surface area contributed by atoms with E-state index in [4.69, 9.17) is 5.73 Å². The molecule has 1 saturated carbocycles. The van der Waals surface area contributed by atoms with Gasteiger partial charge in [0.1, 0.15) is 6.04 Å². The number of hydrogen-bond donors (Lipinski definition) is 2. The molecule has 4 heteroatoms. The van der Waals surface area contributed by atoms with Gasteiger partial charge < -0.3 is 16.0 Å². The zero-order valence-electron chi connectivity index (χ0n) is 12.4. The van der Waals surface area contributed by atoms with Crippen LogP contribution in [0.5, 0.6) is 0 Å². The van der Waals surface area contributed by atoms with Crippen LogP contribution in [0.4, 0.5) is 5.69 Å². The van der Waals surface area contributed by atoms with E-state index >= 15 is 0 Å². The SMILES string of the molecule is Cc1ccccc1N(CCCN)C(C)C(=O)NC1CC1. The van der Waals surface area contributed by atoms with E-state index in [9.17, 15) is 4.79 Å². The van der Waals surface area contributed by atoms with Gasteiger partial charge >= 0.3 is 0 Å². The van der Waals surface area contributed by atoms with E-state index < -0.39 is 0 Å². The van der Waals surface area contributed by atoms with Crippen LogP contribution < -0.4 is 16.0 Å². The standard InChI is InChI=1S/C16H25N3O/c1-12-6-3-4-7-15(12)19(11-5-10-17)13(2)16(20)18-14-8-9-14/h3-4,6-7,13-14H,5,8-11,17H2,1-2H3,(H,18,20). The second-order valence-electron chi connectivity index (χ2n) is 5.58. The second-order valence-corrected chi connectivity index (χ2v) is 5.58. The minimum atomic E-state index is -0.164. The number of amides is 1. The summed E-state index contributed by atoms with van der Waals surface area (Å²) < 4.78 is 0. The van der Waals surface area contributed by atoms with Crippen LogP contribution in [0.1, 0.15) is 31.7 Å². The maximum atomic E-state index is 12.3. The van der Waals surface area contributed by atoms with Crippen LogP contribution in [-0.4, -0.2) is 31.1 Å². The summed E-state index contributed by atoms with van der Waals surface area (Å²) in [5, 5.41) is 3.09. The number of nitrogens with two attached hydrogens (primary N) is 1. The van der Waals surface area contributed by atoms with Crippen LogP contribution in [0.3, 0.4) is 0 Å². The molecular formula is C16H25N3O. The zero-order chi connectivity index (χ0) is 14.5. The second kappa shape index (κ2) is 6.75. The van der Waals surface area contributed by atoms with Gasteiger partial charge in [0.05, 0.1) is 0 Å². The molecule has 1 amide bonds. The van der Waals surface area contributed by atoms with Crippen molar-refractivity contribution in [3.63, 3.8) is 0 Å². The van der Waals surface area contributed by atoms with Crippen molar-refractivity contribution in [1.29, 1.82) is 0 Å². The number of benzene rings is 1. The predicted molar refractivity (Wildman–Crippen MR) is 82.8 cm³/mol. The Labute approximate surface area is 121 Å². The highest BCUT2D eigenvalue weighted by Gasteiger charge is 2.28. The molecule has 0 aromatic heterocycles. The van der Waals surface area contributed by atoms with E-state index in [1.807, 2.05) is 19.1 Å². The van der Waals surface area contributed by atoms with Crippen molar-refractivity contribution >= 4 is 11.6 Å². The van der Waals surface area contributed by atoms with Gasteiger partial charge in [-0.05, 0) is 51.3 Å². The Morgan fingerprint density at radius 2 is 2.15 bits per heavy atom. The molecule has 1 aromatic rings. The average Bonchev–Trinajstić information content (AvgIpc) is 3.24. The Balaban J connectivity index is 2.13. The molecular weight excluding hydrogens is 250 g/mol. The van der Waals surface area contributed by atoms with Gasteiger partial charge in [-0.2, -0.15) is 0 Å². The highest BCUT2D eigenvalue weighted by atomic mass is 16.2. The molecule has 3 N–H and O–H groups in total. The lowest BCUT2D eigenvalue weighted by molar-refractivity contribution is -0.122. The molecule has 1 atom stereocenters. The summed E-state index contributed by atoms with van der Waals surface area (Å²) in [6.07, 6.45) is 3.12. The fourth-order valence-electron chi connectivity index (χ4n) is 2.36. The van der Waals surface area contributed by atoms with Crippen molar-refractivity contribution in [1.82, 2.24) is 5.32 Å². The normalized spacial score (nSPS) is 15.8. The predicted octanol–water partition coefficient (Wildman–Crippen LogP) is 1.82. The maximum Gasteiger partial charge on any atom is 0.242 e. The van der Waals surface area contributed by atoms with Gasteiger partial charge in [-0.1, -0.05) is 18.2 Å². The molecule has 110 valence electrons. The Bertz CT molecular complexity index is 457. The van der Waals surface area contributed by atoms with E-state index in [1.54, 1.807) is 0 Å². The van der Waals surface area contributed by atoms with Gasteiger partial charge in [-0.15, -0.1) is 0 Å². The van der Waals surface area contributed by atoms with E-state index in [2.05, 4.69) is 29.3 Å². The summed E-state index contributed by atoms with van der Waals surface area (Å²) in [5.41, 5.74) is 7.95. The summed E-state index contributed by atoms with van der Waals surface area (Å²) in [5.74, 6) is 0.118. The Morgan fingerprint density at radius 3 is 2.75 bits per heavy atom. The molecule has 1 aromatic carbocycles. The molecule has 0 saturated heterocycles. The van der Waals surface area contributed by atoms with Gasteiger partial charge in [-0.3, -0.25) is 4.79 Å². The highest BCUT2D eigenvalue weighted by molar-refractivity contribution is 5.85. The smallest absolute Gasteiger partial charge is 0.242 e. The first kappa shape index (κ1) is 14.9. The highest BCUT2D eigenvalue weighted by Crippen LogP contribution is 2.23. The van der Waals surface area contributed by atoms with Gasteiger partial charge in [0, 0.05) is 18.3 Å². The first-order chi connectivity index (χ1) is 9.63. The Morgan fingerprint density at radius 1 is 1.45 bits per heavy atom. The number of hydrogen-bond acceptors (Lipinski definition) is 3. The van der Waals surface area contributed by atoms with Crippen LogP contribution in [-0.2, 0) is 4.79 Å². The number of para-hydroxylation sites is 1. The summed E-state index contributed by atoms with van der Waals surface area (Å²) in [7, 11) is 0. The van der Waals surface area contributed by atoms with Crippen molar-refractivity contribution in [3.8, 4) is 0 Å². The first-order valence-corrected chi connectivity index (χ1v) is 7.46. The van der Waals surface area contributed by atoms with Crippen LogP contribution in [0.15, 0.2) is 24.3 Å². The molecule has 0 radical (unpaired) electrons. The zero-order valence-corrected chi connectivity index (χ0v) is 12.4. The molecule has 0 spiro atoms. The molecule has 2 rings (SSSR count). The summed E-state index contributed by atoms with van der Waals surface area (Å²) >= 11 is 0. The monoisotopic (exact) mass is 275 g/mol. The number of carbonyl (C=O) groups excluding carboxylic acids is 1. The van der Waals surface area contributed by atoms with Crippen molar-refractivity contribution in [3.05, 3.63) is 29.8 Å². The largest absolute Gasteiger partial charge is 0.360 e. The minimum absolute atomic E-state index is 0.118. The number of nitrogens with one attached hydrogen (secondary N) is 1. The lowest BCUT2D eigenvalue weighted by Gasteiger charge is -2.31. The topological polar surface area (TPSA) is 58.4 Å². The van der Waals surface area contributed by atoms with E-state index in [1.165, 1.54) is 5.56 Å². The molecule has 1 aliphatic rings. The number of aryl methyl sites for hydroxylation is 1. The number of carbonyl (C=O) groups is 1. The molecule has 1 fully saturated rings.